The predicted molar refractivity (Wildman–Crippen MR) is 122 cm³/mol. The van der Waals surface area contributed by atoms with Crippen LogP contribution in [-0.4, -0.2) is 61.2 Å². The molecule has 1 N–H and O–H groups in total. The van der Waals surface area contributed by atoms with Crippen LogP contribution in [0.3, 0.4) is 0 Å². The Balaban J connectivity index is 1.30. The van der Waals surface area contributed by atoms with Crippen LogP contribution >= 0.6 is 0 Å². The molecule has 0 unspecified atom stereocenters. The zero-order valence-electron chi connectivity index (χ0n) is 18.6. The molecule has 1 aliphatic rings. The SMILES string of the molecule is COc1ccc(NC(=O)N2CCN(Cc3nc(-c4ccc(OC)cc4)oc3C)CC2)cc1. The Hall–Kier alpha value is -3.52. The third kappa shape index (κ3) is 5.03. The molecule has 0 atom stereocenters. The highest BCUT2D eigenvalue weighted by molar-refractivity contribution is 5.89. The van der Waals surface area contributed by atoms with Gasteiger partial charge in [0.1, 0.15) is 17.3 Å². The molecule has 0 spiro atoms. The second-order valence-corrected chi connectivity index (χ2v) is 7.67. The van der Waals surface area contributed by atoms with Crippen LogP contribution in [0, 0.1) is 6.92 Å². The molecule has 168 valence electrons. The van der Waals surface area contributed by atoms with Gasteiger partial charge >= 0.3 is 6.03 Å². The van der Waals surface area contributed by atoms with Crippen molar-refractivity contribution in [2.75, 3.05) is 45.7 Å². The van der Waals surface area contributed by atoms with Gasteiger partial charge in [-0.25, -0.2) is 9.78 Å². The largest absolute Gasteiger partial charge is 0.497 e. The molecule has 1 aliphatic heterocycles. The fraction of sp³-hybridized carbons (Fsp3) is 0.333. The number of anilines is 1. The molecule has 2 aromatic carbocycles. The fourth-order valence-corrected chi connectivity index (χ4v) is 3.63. The van der Waals surface area contributed by atoms with Crippen molar-refractivity contribution in [1.82, 2.24) is 14.8 Å². The van der Waals surface area contributed by atoms with E-state index >= 15 is 0 Å². The number of amides is 2. The second-order valence-electron chi connectivity index (χ2n) is 7.67. The van der Waals surface area contributed by atoms with Gasteiger partial charge in [0.15, 0.2) is 0 Å². The van der Waals surface area contributed by atoms with Crippen LogP contribution in [0.15, 0.2) is 52.9 Å². The van der Waals surface area contributed by atoms with E-state index in [9.17, 15) is 4.79 Å². The predicted octanol–water partition coefficient (Wildman–Crippen LogP) is 4.02. The normalized spacial score (nSPS) is 14.3. The van der Waals surface area contributed by atoms with Crippen LogP contribution < -0.4 is 14.8 Å². The minimum atomic E-state index is -0.0887. The number of nitrogens with zero attached hydrogens (tertiary/aromatic N) is 3. The van der Waals surface area contributed by atoms with Crippen LogP contribution in [0.2, 0.25) is 0 Å². The number of urea groups is 1. The average Bonchev–Trinajstić information content (AvgIpc) is 3.20. The smallest absolute Gasteiger partial charge is 0.321 e. The summed E-state index contributed by atoms with van der Waals surface area (Å²) in [5.74, 6) is 2.98. The van der Waals surface area contributed by atoms with Gasteiger partial charge in [0.05, 0.1) is 19.9 Å². The van der Waals surface area contributed by atoms with E-state index in [1.807, 2.05) is 60.4 Å². The lowest BCUT2D eigenvalue weighted by Gasteiger charge is -2.34. The Bertz CT molecular complexity index is 1040. The minimum absolute atomic E-state index is 0.0887. The van der Waals surface area contributed by atoms with Gasteiger partial charge in [0, 0.05) is 44.0 Å². The Morgan fingerprint density at radius 1 is 0.969 bits per heavy atom. The Labute approximate surface area is 187 Å². The van der Waals surface area contributed by atoms with E-state index in [1.54, 1.807) is 14.2 Å². The lowest BCUT2D eigenvalue weighted by atomic mass is 10.2. The number of hydrogen-bond donors (Lipinski definition) is 1. The van der Waals surface area contributed by atoms with Gasteiger partial charge in [-0.1, -0.05) is 0 Å². The summed E-state index contributed by atoms with van der Waals surface area (Å²) in [7, 11) is 3.26. The molecule has 1 fully saturated rings. The molecule has 0 aliphatic carbocycles. The molecule has 2 heterocycles. The molecular weight excluding hydrogens is 408 g/mol. The van der Waals surface area contributed by atoms with Crippen molar-refractivity contribution in [3.63, 3.8) is 0 Å². The van der Waals surface area contributed by atoms with Gasteiger partial charge < -0.3 is 24.1 Å². The van der Waals surface area contributed by atoms with Crippen LogP contribution in [-0.2, 0) is 6.54 Å². The fourth-order valence-electron chi connectivity index (χ4n) is 3.63. The number of nitrogens with one attached hydrogen (secondary N) is 1. The average molecular weight is 437 g/mol. The highest BCUT2D eigenvalue weighted by Gasteiger charge is 2.23. The number of ether oxygens (including phenoxy) is 2. The molecule has 4 rings (SSSR count). The van der Waals surface area contributed by atoms with Gasteiger partial charge in [-0.2, -0.15) is 0 Å². The first kappa shape index (κ1) is 21.7. The maximum Gasteiger partial charge on any atom is 0.321 e. The van der Waals surface area contributed by atoms with Crippen molar-refractivity contribution in [2.24, 2.45) is 0 Å². The molecule has 0 radical (unpaired) electrons. The van der Waals surface area contributed by atoms with Crippen molar-refractivity contribution < 1.29 is 18.7 Å². The molecule has 1 aromatic heterocycles. The number of benzene rings is 2. The minimum Gasteiger partial charge on any atom is -0.497 e. The van der Waals surface area contributed by atoms with Gasteiger partial charge in [-0.15, -0.1) is 0 Å². The molecule has 0 saturated carbocycles. The van der Waals surface area contributed by atoms with E-state index < -0.39 is 0 Å². The summed E-state index contributed by atoms with van der Waals surface area (Å²) < 4.78 is 16.3. The number of hydrogen-bond acceptors (Lipinski definition) is 6. The number of rotatable bonds is 6. The Morgan fingerprint density at radius 2 is 1.56 bits per heavy atom. The van der Waals surface area contributed by atoms with Crippen LogP contribution in [0.1, 0.15) is 11.5 Å². The van der Waals surface area contributed by atoms with Crippen molar-refractivity contribution in [2.45, 2.75) is 13.5 Å². The third-order valence-electron chi connectivity index (χ3n) is 5.60. The maximum atomic E-state index is 12.6. The summed E-state index contributed by atoms with van der Waals surface area (Å²) in [6.07, 6.45) is 0. The Morgan fingerprint density at radius 3 is 2.16 bits per heavy atom. The first-order chi connectivity index (χ1) is 15.6. The molecule has 2 amide bonds. The van der Waals surface area contributed by atoms with E-state index in [4.69, 9.17) is 18.9 Å². The summed E-state index contributed by atoms with van der Waals surface area (Å²) in [6, 6.07) is 14.9. The van der Waals surface area contributed by atoms with E-state index in [0.717, 1.165) is 47.3 Å². The standard InChI is InChI=1S/C24H28N4O4/c1-17-22(26-23(32-17)18-4-8-20(30-2)9-5-18)16-27-12-14-28(15-13-27)24(29)25-19-6-10-21(31-3)11-7-19/h4-11H,12-16H2,1-3H3,(H,25,29). The lowest BCUT2D eigenvalue weighted by Crippen LogP contribution is -2.49. The number of oxazole rings is 1. The second kappa shape index (κ2) is 9.74. The number of aromatic nitrogens is 1. The molecular formula is C24H28N4O4. The Kier molecular flexibility index (Phi) is 6.61. The molecule has 1 saturated heterocycles. The van der Waals surface area contributed by atoms with Gasteiger partial charge in [0.25, 0.3) is 0 Å². The van der Waals surface area contributed by atoms with Crippen LogP contribution in [0.25, 0.3) is 11.5 Å². The highest BCUT2D eigenvalue weighted by atomic mass is 16.5. The number of methoxy groups -OCH3 is 2. The molecule has 8 nitrogen and oxygen atoms in total. The summed E-state index contributed by atoms with van der Waals surface area (Å²) in [6.45, 7) is 5.50. The zero-order chi connectivity index (χ0) is 22.5. The number of aryl methyl sites for hydroxylation is 1. The third-order valence-corrected chi connectivity index (χ3v) is 5.60. The molecule has 8 heteroatoms. The van der Waals surface area contributed by atoms with Gasteiger partial charge in [-0.3, -0.25) is 4.90 Å². The number of carbonyl (C=O) groups excluding carboxylic acids is 1. The van der Waals surface area contributed by atoms with Crippen LogP contribution in [0.5, 0.6) is 11.5 Å². The van der Waals surface area contributed by atoms with Crippen molar-refractivity contribution in [1.29, 1.82) is 0 Å². The topological polar surface area (TPSA) is 80.1 Å². The van der Waals surface area contributed by atoms with E-state index in [2.05, 4.69) is 10.2 Å². The monoisotopic (exact) mass is 436 g/mol. The van der Waals surface area contributed by atoms with E-state index in [1.165, 1.54) is 0 Å². The first-order valence-electron chi connectivity index (χ1n) is 10.6. The van der Waals surface area contributed by atoms with Gasteiger partial charge in [-0.05, 0) is 55.5 Å². The number of piperazine rings is 1. The first-order valence-corrected chi connectivity index (χ1v) is 10.6. The molecule has 0 bridgehead atoms. The van der Waals surface area contributed by atoms with Crippen LogP contribution in [0.4, 0.5) is 10.5 Å². The summed E-state index contributed by atoms with van der Waals surface area (Å²) in [4.78, 5) is 21.4. The van der Waals surface area contributed by atoms with Crippen molar-refractivity contribution in [3.8, 4) is 23.0 Å². The molecule has 32 heavy (non-hydrogen) atoms. The van der Waals surface area contributed by atoms with E-state index in [-0.39, 0.29) is 6.03 Å². The van der Waals surface area contributed by atoms with E-state index in [0.29, 0.717) is 25.5 Å². The number of carbonyl (C=O) groups is 1. The highest BCUT2D eigenvalue weighted by Crippen LogP contribution is 2.25. The summed E-state index contributed by atoms with van der Waals surface area (Å²) in [5, 5.41) is 2.94. The lowest BCUT2D eigenvalue weighted by molar-refractivity contribution is 0.141. The van der Waals surface area contributed by atoms with Crippen molar-refractivity contribution in [3.05, 3.63) is 60.0 Å². The molecule has 3 aromatic rings. The zero-order valence-corrected chi connectivity index (χ0v) is 18.6. The summed E-state index contributed by atoms with van der Waals surface area (Å²) in [5.41, 5.74) is 2.59. The van der Waals surface area contributed by atoms with Crippen molar-refractivity contribution >= 4 is 11.7 Å². The van der Waals surface area contributed by atoms with Gasteiger partial charge in [0.2, 0.25) is 5.89 Å². The maximum absolute atomic E-state index is 12.6. The quantitative estimate of drug-likeness (QED) is 0.629. The summed E-state index contributed by atoms with van der Waals surface area (Å²) >= 11 is 0.